The van der Waals surface area contributed by atoms with Crippen molar-refractivity contribution in [2.45, 2.75) is 31.7 Å². The minimum absolute atomic E-state index is 0.0817. The molecule has 1 N–H and O–H groups in total. The lowest BCUT2D eigenvalue weighted by atomic mass is 9.88. The molecule has 1 amide bonds. The van der Waals surface area contributed by atoms with Crippen molar-refractivity contribution in [3.63, 3.8) is 0 Å². The number of carbonyl (C=O) groups excluding carboxylic acids is 2. The van der Waals surface area contributed by atoms with Crippen LogP contribution < -0.4 is 19.3 Å². The third-order valence-electron chi connectivity index (χ3n) is 7.60. The van der Waals surface area contributed by atoms with Gasteiger partial charge in [0.25, 0.3) is 11.7 Å². The molecule has 194 valence electrons. The van der Waals surface area contributed by atoms with Gasteiger partial charge in [-0.25, -0.2) is 0 Å². The maximum atomic E-state index is 13.6. The second-order valence-corrected chi connectivity index (χ2v) is 10.2. The van der Waals surface area contributed by atoms with Gasteiger partial charge in [0.2, 0.25) is 0 Å². The lowest BCUT2D eigenvalue weighted by Crippen LogP contribution is -2.29. The van der Waals surface area contributed by atoms with Crippen LogP contribution in [0.3, 0.4) is 0 Å². The number of aliphatic hydroxyl groups excluding tert-OH is 1. The molecule has 2 heterocycles. The first-order valence-corrected chi connectivity index (χ1v) is 13.0. The van der Waals surface area contributed by atoms with E-state index in [1.807, 2.05) is 61.5 Å². The van der Waals surface area contributed by atoms with Gasteiger partial charge in [-0.05, 0) is 72.7 Å². The van der Waals surface area contributed by atoms with Crippen molar-refractivity contribution in [3.05, 3.63) is 88.5 Å². The standard InChI is InChI=1S/C31H30N2O5/c1-32(2)23-11-9-20(10-12-23)28-27(29(34)22-8-7-19-5-3-4-6-21(19)17-22)30(35)31(36)33(28)24-13-14-25-26(18-24)38-16-15-37-25/h7-14,17-18,28,34H,3-6,15-16H2,1-2H3/b29-27+. The molecule has 0 bridgehead atoms. The van der Waals surface area contributed by atoms with Crippen LogP contribution in [0.25, 0.3) is 5.76 Å². The molecule has 1 fully saturated rings. The van der Waals surface area contributed by atoms with E-state index in [1.165, 1.54) is 16.0 Å². The molecule has 6 rings (SSSR count). The number of ketones is 1. The highest BCUT2D eigenvalue weighted by molar-refractivity contribution is 6.51. The Morgan fingerprint density at radius 1 is 0.868 bits per heavy atom. The van der Waals surface area contributed by atoms with Crippen LogP contribution in [0, 0.1) is 0 Å². The maximum Gasteiger partial charge on any atom is 0.300 e. The number of nitrogens with zero attached hydrogens (tertiary/aromatic N) is 2. The van der Waals surface area contributed by atoms with E-state index in [9.17, 15) is 14.7 Å². The van der Waals surface area contributed by atoms with Crippen molar-refractivity contribution in [1.82, 2.24) is 0 Å². The second-order valence-electron chi connectivity index (χ2n) is 10.2. The first-order chi connectivity index (χ1) is 18.4. The number of fused-ring (bicyclic) bond motifs is 2. The zero-order valence-electron chi connectivity index (χ0n) is 21.6. The lowest BCUT2D eigenvalue weighted by molar-refractivity contribution is -0.132. The van der Waals surface area contributed by atoms with Crippen molar-refractivity contribution in [2.24, 2.45) is 0 Å². The van der Waals surface area contributed by atoms with Crippen LogP contribution in [0.2, 0.25) is 0 Å². The monoisotopic (exact) mass is 510 g/mol. The van der Waals surface area contributed by atoms with Crippen molar-refractivity contribution >= 4 is 28.8 Å². The number of hydrogen-bond donors (Lipinski definition) is 1. The third kappa shape index (κ3) is 4.08. The Morgan fingerprint density at radius 2 is 1.58 bits per heavy atom. The summed E-state index contributed by atoms with van der Waals surface area (Å²) in [6.45, 7) is 0.860. The van der Waals surface area contributed by atoms with E-state index in [2.05, 4.69) is 0 Å². The van der Waals surface area contributed by atoms with Gasteiger partial charge in [-0.15, -0.1) is 0 Å². The van der Waals surface area contributed by atoms with Gasteiger partial charge in [-0.3, -0.25) is 14.5 Å². The highest BCUT2D eigenvalue weighted by atomic mass is 16.6. The number of rotatable bonds is 4. The van der Waals surface area contributed by atoms with Crippen LogP contribution in [-0.4, -0.2) is 44.1 Å². The van der Waals surface area contributed by atoms with E-state index in [0.717, 1.165) is 36.9 Å². The molecule has 1 aliphatic carbocycles. The molecule has 0 spiro atoms. The zero-order valence-corrected chi connectivity index (χ0v) is 21.6. The van der Waals surface area contributed by atoms with Gasteiger partial charge in [0, 0.05) is 37.1 Å². The summed E-state index contributed by atoms with van der Waals surface area (Å²) in [6.07, 6.45) is 4.21. The van der Waals surface area contributed by atoms with Crippen LogP contribution in [-0.2, 0) is 22.4 Å². The summed E-state index contributed by atoms with van der Waals surface area (Å²) in [5.74, 6) is -0.442. The van der Waals surface area contributed by atoms with Gasteiger partial charge < -0.3 is 19.5 Å². The molecule has 1 atom stereocenters. The number of carbonyl (C=O) groups is 2. The number of aryl methyl sites for hydroxylation is 2. The van der Waals surface area contributed by atoms with Crippen LogP contribution in [0.15, 0.2) is 66.2 Å². The summed E-state index contributed by atoms with van der Waals surface area (Å²) in [5.41, 5.74) is 5.32. The van der Waals surface area contributed by atoms with Crippen LogP contribution in [0.5, 0.6) is 11.5 Å². The average molecular weight is 511 g/mol. The van der Waals surface area contributed by atoms with Gasteiger partial charge >= 0.3 is 0 Å². The molecule has 0 aromatic heterocycles. The van der Waals surface area contributed by atoms with E-state index in [4.69, 9.17) is 9.47 Å². The summed E-state index contributed by atoms with van der Waals surface area (Å²) in [7, 11) is 3.90. The third-order valence-corrected chi connectivity index (χ3v) is 7.60. The summed E-state index contributed by atoms with van der Waals surface area (Å²) >= 11 is 0. The van der Waals surface area contributed by atoms with Crippen molar-refractivity contribution in [3.8, 4) is 11.5 Å². The van der Waals surface area contributed by atoms with Gasteiger partial charge in [0.15, 0.2) is 11.5 Å². The smallest absolute Gasteiger partial charge is 0.300 e. The quantitative estimate of drug-likeness (QED) is 0.301. The molecule has 38 heavy (non-hydrogen) atoms. The predicted octanol–water partition coefficient (Wildman–Crippen LogP) is 5.03. The largest absolute Gasteiger partial charge is 0.507 e. The van der Waals surface area contributed by atoms with Crippen molar-refractivity contribution in [1.29, 1.82) is 0 Å². The Labute approximate surface area is 221 Å². The topological polar surface area (TPSA) is 79.3 Å². The fourth-order valence-electron chi connectivity index (χ4n) is 5.59. The van der Waals surface area contributed by atoms with Crippen LogP contribution in [0.1, 0.15) is 41.1 Å². The molecule has 0 saturated carbocycles. The lowest BCUT2D eigenvalue weighted by Gasteiger charge is -2.27. The first kappa shape index (κ1) is 24.1. The minimum atomic E-state index is -0.801. The maximum absolute atomic E-state index is 13.6. The van der Waals surface area contributed by atoms with Crippen molar-refractivity contribution < 1.29 is 24.2 Å². The minimum Gasteiger partial charge on any atom is -0.507 e. The number of Topliss-reactive ketones (excluding diaryl/α,β-unsaturated/α-hetero) is 1. The molecule has 7 nitrogen and oxygen atoms in total. The Morgan fingerprint density at radius 3 is 2.32 bits per heavy atom. The molecule has 3 aliphatic rings. The van der Waals surface area contributed by atoms with Crippen molar-refractivity contribution in [2.75, 3.05) is 37.1 Å². The average Bonchev–Trinajstić information content (AvgIpc) is 3.22. The van der Waals surface area contributed by atoms with E-state index in [-0.39, 0.29) is 11.3 Å². The molecule has 0 radical (unpaired) electrons. The second kappa shape index (κ2) is 9.56. The molecule has 3 aromatic carbocycles. The molecular formula is C31H30N2O5. The Balaban J connectivity index is 1.50. The number of benzene rings is 3. The SMILES string of the molecule is CN(C)c1ccc(C2/C(=C(\O)c3ccc4c(c3)CCCC4)C(=O)C(=O)N2c2ccc3c(c2)OCCO3)cc1. The molecule has 1 unspecified atom stereocenters. The van der Waals surface area contributed by atoms with Crippen LogP contribution in [0.4, 0.5) is 11.4 Å². The molecule has 2 aliphatic heterocycles. The molecule has 7 heteroatoms. The number of anilines is 2. The summed E-state index contributed by atoms with van der Waals surface area (Å²) in [6, 6.07) is 17.9. The first-order valence-electron chi connectivity index (χ1n) is 13.0. The summed E-state index contributed by atoms with van der Waals surface area (Å²) in [5, 5.41) is 11.6. The van der Waals surface area contributed by atoms with E-state index >= 15 is 0 Å². The van der Waals surface area contributed by atoms with Gasteiger partial charge in [-0.2, -0.15) is 0 Å². The van der Waals surface area contributed by atoms with Gasteiger partial charge in [0.1, 0.15) is 19.0 Å². The fourth-order valence-corrected chi connectivity index (χ4v) is 5.59. The fraction of sp³-hybridized carbons (Fsp3) is 0.290. The van der Waals surface area contributed by atoms with Gasteiger partial charge in [0.05, 0.1) is 11.6 Å². The number of aliphatic hydroxyl groups is 1. The number of amides is 1. The van der Waals surface area contributed by atoms with E-state index < -0.39 is 17.7 Å². The number of ether oxygens (including phenoxy) is 2. The Kier molecular flexibility index (Phi) is 6.06. The van der Waals surface area contributed by atoms with Crippen LogP contribution >= 0.6 is 0 Å². The molecular weight excluding hydrogens is 480 g/mol. The Hall–Kier alpha value is -4.26. The molecule has 1 saturated heterocycles. The Bertz CT molecular complexity index is 1460. The van der Waals surface area contributed by atoms with Gasteiger partial charge in [-0.1, -0.05) is 24.3 Å². The number of hydrogen-bond acceptors (Lipinski definition) is 6. The van der Waals surface area contributed by atoms with E-state index in [1.54, 1.807) is 18.2 Å². The molecule has 3 aromatic rings. The highest BCUT2D eigenvalue weighted by Gasteiger charge is 2.47. The van der Waals surface area contributed by atoms with E-state index in [0.29, 0.717) is 36.0 Å². The normalized spacial score (nSPS) is 19.8. The predicted molar refractivity (Wildman–Crippen MR) is 146 cm³/mol. The summed E-state index contributed by atoms with van der Waals surface area (Å²) < 4.78 is 11.4. The zero-order chi connectivity index (χ0) is 26.4. The summed E-state index contributed by atoms with van der Waals surface area (Å²) in [4.78, 5) is 30.6. The highest BCUT2D eigenvalue weighted by Crippen LogP contribution is 2.45.